The number of benzene rings is 1. The Morgan fingerprint density at radius 3 is 2.38 bits per heavy atom. The standard InChI is InChI=1S/C11H9F3O2/c1-16-10(15)9-8(11(9,13)14)6-2-4-7(12)5-3-6/h2-5,8-9H,1H3/t8-,9-/m0/s1. The zero-order valence-electron chi connectivity index (χ0n) is 8.41. The minimum Gasteiger partial charge on any atom is -0.469 e. The molecule has 0 bridgehead atoms. The monoisotopic (exact) mass is 230 g/mol. The molecule has 2 atom stereocenters. The molecule has 0 saturated heterocycles. The Balaban J connectivity index is 2.24. The summed E-state index contributed by atoms with van der Waals surface area (Å²) in [6, 6.07) is 4.71. The van der Waals surface area contributed by atoms with Gasteiger partial charge < -0.3 is 4.74 Å². The molecule has 1 aromatic rings. The molecule has 1 aliphatic rings. The second kappa shape index (κ2) is 3.50. The van der Waals surface area contributed by atoms with Gasteiger partial charge in [-0.3, -0.25) is 4.79 Å². The minimum absolute atomic E-state index is 0.252. The first-order chi connectivity index (χ1) is 7.48. The summed E-state index contributed by atoms with van der Waals surface area (Å²) in [5, 5.41) is 0. The quantitative estimate of drug-likeness (QED) is 0.729. The number of carbonyl (C=O) groups excluding carboxylic acids is 1. The maximum Gasteiger partial charge on any atom is 0.315 e. The highest BCUT2D eigenvalue weighted by Gasteiger charge is 2.73. The highest BCUT2D eigenvalue weighted by Crippen LogP contribution is 2.61. The van der Waals surface area contributed by atoms with E-state index < -0.39 is 29.5 Å². The van der Waals surface area contributed by atoms with Gasteiger partial charge in [-0.2, -0.15) is 0 Å². The van der Waals surface area contributed by atoms with Crippen LogP contribution in [0.5, 0.6) is 0 Å². The van der Waals surface area contributed by atoms with E-state index in [9.17, 15) is 18.0 Å². The number of esters is 1. The van der Waals surface area contributed by atoms with Crippen LogP contribution >= 0.6 is 0 Å². The molecule has 86 valence electrons. The van der Waals surface area contributed by atoms with Crippen molar-refractivity contribution in [2.24, 2.45) is 5.92 Å². The van der Waals surface area contributed by atoms with Crippen molar-refractivity contribution in [2.45, 2.75) is 11.8 Å². The van der Waals surface area contributed by atoms with E-state index in [-0.39, 0.29) is 5.56 Å². The summed E-state index contributed by atoms with van der Waals surface area (Å²) in [7, 11) is 1.07. The van der Waals surface area contributed by atoms with Crippen LogP contribution in [-0.4, -0.2) is 19.0 Å². The lowest BCUT2D eigenvalue weighted by molar-refractivity contribution is -0.144. The Labute approximate surface area is 90.0 Å². The number of ether oxygens (including phenoxy) is 1. The number of hydrogen-bond donors (Lipinski definition) is 0. The second-order valence-electron chi connectivity index (χ2n) is 3.70. The molecule has 2 rings (SSSR count). The lowest BCUT2D eigenvalue weighted by atomic mass is 10.1. The van der Waals surface area contributed by atoms with Crippen molar-refractivity contribution in [3.05, 3.63) is 35.6 Å². The molecule has 0 aromatic heterocycles. The molecule has 0 spiro atoms. The van der Waals surface area contributed by atoms with E-state index >= 15 is 0 Å². The van der Waals surface area contributed by atoms with E-state index in [1.54, 1.807) is 0 Å². The number of hydrogen-bond acceptors (Lipinski definition) is 2. The molecule has 5 heteroatoms. The Morgan fingerprint density at radius 2 is 1.88 bits per heavy atom. The molecule has 1 aliphatic carbocycles. The molecule has 0 heterocycles. The van der Waals surface area contributed by atoms with Crippen LogP contribution in [0.3, 0.4) is 0 Å². The van der Waals surface area contributed by atoms with Crippen molar-refractivity contribution in [1.82, 2.24) is 0 Å². The van der Waals surface area contributed by atoms with Crippen molar-refractivity contribution < 1.29 is 22.7 Å². The molecule has 16 heavy (non-hydrogen) atoms. The summed E-state index contributed by atoms with van der Waals surface area (Å²) < 4.78 is 43.5. The third-order valence-corrected chi connectivity index (χ3v) is 2.74. The lowest BCUT2D eigenvalue weighted by Crippen LogP contribution is -2.08. The van der Waals surface area contributed by atoms with Gasteiger partial charge in [-0.15, -0.1) is 0 Å². The molecule has 1 aromatic carbocycles. The van der Waals surface area contributed by atoms with Gasteiger partial charge in [0.05, 0.1) is 13.0 Å². The highest BCUT2D eigenvalue weighted by atomic mass is 19.3. The summed E-state index contributed by atoms with van der Waals surface area (Å²) in [5.41, 5.74) is 0.252. The van der Waals surface area contributed by atoms with Crippen molar-refractivity contribution in [2.75, 3.05) is 7.11 Å². The second-order valence-corrected chi connectivity index (χ2v) is 3.70. The number of alkyl halides is 2. The summed E-state index contributed by atoms with van der Waals surface area (Å²) in [5.74, 6) is -7.16. The molecule has 1 saturated carbocycles. The van der Waals surface area contributed by atoms with Gasteiger partial charge in [-0.05, 0) is 17.7 Å². The van der Waals surface area contributed by atoms with E-state index in [1.165, 1.54) is 12.1 Å². The van der Waals surface area contributed by atoms with E-state index in [0.29, 0.717) is 0 Å². The van der Waals surface area contributed by atoms with E-state index in [1.807, 2.05) is 0 Å². The number of methoxy groups -OCH3 is 1. The molecular formula is C11H9F3O2. The number of rotatable bonds is 2. The highest BCUT2D eigenvalue weighted by molar-refractivity contribution is 5.80. The SMILES string of the molecule is COC(=O)[C@@H]1[C@H](c2ccc(F)cc2)C1(F)F. The first kappa shape index (κ1) is 11.0. The fourth-order valence-electron chi connectivity index (χ4n) is 1.83. The summed E-state index contributed by atoms with van der Waals surface area (Å²) in [4.78, 5) is 11.1. The molecular weight excluding hydrogens is 221 g/mol. The van der Waals surface area contributed by atoms with Crippen molar-refractivity contribution in [3.63, 3.8) is 0 Å². The van der Waals surface area contributed by atoms with Crippen LogP contribution in [0.4, 0.5) is 13.2 Å². The van der Waals surface area contributed by atoms with Gasteiger partial charge in [0, 0.05) is 0 Å². The molecule has 0 amide bonds. The van der Waals surface area contributed by atoms with Crippen molar-refractivity contribution in [3.8, 4) is 0 Å². The van der Waals surface area contributed by atoms with Crippen LogP contribution in [-0.2, 0) is 9.53 Å². The van der Waals surface area contributed by atoms with Crippen LogP contribution < -0.4 is 0 Å². The maximum absolute atomic E-state index is 13.3. The molecule has 0 radical (unpaired) electrons. The average Bonchev–Trinajstić information content (AvgIpc) is 2.82. The fourth-order valence-corrected chi connectivity index (χ4v) is 1.83. The topological polar surface area (TPSA) is 26.3 Å². The smallest absolute Gasteiger partial charge is 0.315 e. The van der Waals surface area contributed by atoms with Crippen LogP contribution in [0.1, 0.15) is 11.5 Å². The number of carbonyl (C=O) groups is 1. The molecule has 2 nitrogen and oxygen atoms in total. The van der Waals surface area contributed by atoms with Crippen molar-refractivity contribution in [1.29, 1.82) is 0 Å². The largest absolute Gasteiger partial charge is 0.469 e. The Morgan fingerprint density at radius 1 is 1.31 bits per heavy atom. The van der Waals surface area contributed by atoms with Crippen LogP contribution in [0.15, 0.2) is 24.3 Å². The zero-order chi connectivity index (χ0) is 11.9. The molecule has 1 fully saturated rings. The van der Waals surface area contributed by atoms with Crippen molar-refractivity contribution >= 4 is 5.97 Å². The molecule has 0 unspecified atom stereocenters. The predicted octanol–water partition coefficient (Wildman–Crippen LogP) is 2.35. The normalized spacial score (nSPS) is 26.2. The Hall–Kier alpha value is -1.52. The van der Waals surface area contributed by atoms with Crippen LogP contribution in [0.2, 0.25) is 0 Å². The lowest BCUT2D eigenvalue weighted by Gasteiger charge is -1.97. The summed E-state index contributed by atoms with van der Waals surface area (Å²) >= 11 is 0. The van der Waals surface area contributed by atoms with Gasteiger partial charge in [-0.1, -0.05) is 12.1 Å². The van der Waals surface area contributed by atoms with Gasteiger partial charge in [0.25, 0.3) is 5.92 Å². The Kier molecular flexibility index (Phi) is 2.40. The van der Waals surface area contributed by atoms with Gasteiger partial charge in [0.15, 0.2) is 0 Å². The average molecular weight is 230 g/mol. The molecule has 0 aliphatic heterocycles. The maximum atomic E-state index is 13.3. The minimum atomic E-state index is -3.09. The predicted molar refractivity (Wildman–Crippen MR) is 49.6 cm³/mol. The summed E-state index contributed by atoms with van der Waals surface area (Å²) in [6.45, 7) is 0. The van der Waals surface area contributed by atoms with E-state index in [4.69, 9.17) is 0 Å². The molecule has 0 N–H and O–H groups in total. The third-order valence-electron chi connectivity index (χ3n) is 2.74. The van der Waals surface area contributed by atoms with Crippen LogP contribution in [0.25, 0.3) is 0 Å². The van der Waals surface area contributed by atoms with E-state index in [0.717, 1.165) is 19.2 Å². The van der Waals surface area contributed by atoms with Crippen LogP contribution in [0, 0.1) is 11.7 Å². The van der Waals surface area contributed by atoms with E-state index in [2.05, 4.69) is 4.74 Å². The van der Waals surface area contributed by atoms with Gasteiger partial charge in [0.1, 0.15) is 11.7 Å². The number of halogens is 3. The van der Waals surface area contributed by atoms with Gasteiger partial charge in [0.2, 0.25) is 0 Å². The first-order valence-electron chi connectivity index (χ1n) is 4.69. The third kappa shape index (κ3) is 1.56. The van der Waals surface area contributed by atoms with Gasteiger partial charge in [-0.25, -0.2) is 13.2 Å². The first-order valence-corrected chi connectivity index (χ1v) is 4.69. The van der Waals surface area contributed by atoms with Gasteiger partial charge >= 0.3 is 5.97 Å². The fraction of sp³-hybridized carbons (Fsp3) is 0.364. The summed E-state index contributed by atoms with van der Waals surface area (Å²) in [6.07, 6.45) is 0. The Bertz CT molecular complexity index is 414. The zero-order valence-corrected chi connectivity index (χ0v) is 8.41.